The summed E-state index contributed by atoms with van der Waals surface area (Å²) in [6, 6.07) is 5.74. The maximum atomic E-state index is 12.6. The summed E-state index contributed by atoms with van der Waals surface area (Å²) in [6.45, 7) is 5.14. The van der Waals surface area contributed by atoms with Crippen molar-refractivity contribution in [2.24, 2.45) is 5.92 Å². The molecule has 5 heteroatoms. The molecular weight excluding hydrogens is 272 g/mol. The van der Waals surface area contributed by atoms with E-state index in [4.69, 9.17) is 4.74 Å². The molecular formula is C15H18N2O2S. The van der Waals surface area contributed by atoms with Crippen LogP contribution in [0.25, 0.3) is 10.2 Å². The van der Waals surface area contributed by atoms with Crippen molar-refractivity contribution < 1.29 is 9.53 Å². The van der Waals surface area contributed by atoms with Crippen molar-refractivity contribution in [3.8, 4) is 0 Å². The molecule has 0 spiro atoms. The molecule has 106 valence electrons. The molecule has 2 heterocycles. The molecule has 0 radical (unpaired) electrons. The summed E-state index contributed by atoms with van der Waals surface area (Å²) in [5.41, 5.74) is 3.52. The van der Waals surface area contributed by atoms with E-state index < -0.39 is 0 Å². The average molecular weight is 290 g/mol. The van der Waals surface area contributed by atoms with Gasteiger partial charge >= 0.3 is 0 Å². The normalized spacial score (nSPS) is 18.6. The summed E-state index contributed by atoms with van der Waals surface area (Å²) in [5.74, 6) is 0.584. The summed E-state index contributed by atoms with van der Waals surface area (Å²) in [4.78, 5) is 18.8. The predicted molar refractivity (Wildman–Crippen MR) is 80.1 cm³/mol. The molecule has 1 aliphatic rings. The molecule has 1 fully saturated rings. The van der Waals surface area contributed by atoms with Crippen LogP contribution in [0.3, 0.4) is 0 Å². The fourth-order valence-electron chi connectivity index (χ4n) is 2.57. The van der Waals surface area contributed by atoms with Crippen molar-refractivity contribution in [1.82, 2.24) is 9.88 Å². The number of rotatable bonds is 4. The van der Waals surface area contributed by atoms with Crippen LogP contribution in [0.4, 0.5) is 0 Å². The third-order valence-electron chi connectivity index (χ3n) is 3.75. The van der Waals surface area contributed by atoms with Crippen LogP contribution in [0.2, 0.25) is 0 Å². The molecule has 0 bridgehead atoms. The summed E-state index contributed by atoms with van der Waals surface area (Å²) in [6.07, 6.45) is 1.05. The van der Waals surface area contributed by atoms with Crippen LogP contribution < -0.4 is 0 Å². The molecule has 0 N–H and O–H groups in total. The molecule has 1 atom stereocenters. The van der Waals surface area contributed by atoms with E-state index in [1.165, 1.54) is 0 Å². The molecule has 20 heavy (non-hydrogen) atoms. The van der Waals surface area contributed by atoms with Crippen LogP contribution in [-0.2, 0) is 4.74 Å². The minimum absolute atomic E-state index is 0.106. The van der Waals surface area contributed by atoms with E-state index in [0.29, 0.717) is 5.92 Å². The number of aromatic nitrogens is 1. The van der Waals surface area contributed by atoms with E-state index in [-0.39, 0.29) is 5.91 Å². The molecule has 1 aromatic heterocycles. The Kier molecular flexibility index (Phi) is 3.98. The molecule has 1 amide bonds. The second-order valence-corrected chi connectivity index (χ2v) is 5.99. The molecule has 0 saturated carbocycles. The van der Waals surface area contributed by atoms with Crippen molar-refractivity contribution in [2.45, 2.75) is 13.3 Å². The topological polar surface area (TPSA) is 42.4 Å². The van der Waals surface area contributed by atoms with Gasteiger partial charge in [0.05, 0.1) is 22.3 Å². The SMILES string of the molecule is CCN(CC1CCOC1)C(=O)c1ccc2ncsc2c1. The number of thiazole rings is 1. The standard InChI is InChI=1S/C15H18N2O2S/c1-2-17(8-11-5-6-19-9-11)15(18)12-3-4-13-14(7-12)20-10-16-13/h3-4,7,10-11H,2,5-6,8-9H2,1H3. The monoisotopic (exact) mass is 290 g/mol. The Morgan fingerprint density at radius 3 is 3.20 bits per heavy atom. The zero-order valence-corrected chi connectivity index (χ0v) is 12.4. The predicted octanol–water partition coefficient (Wildman–Crippen LogP) is 2.79. The number of fused-ring (bicyclic) bond motifs is 1. The lowest BCUT2D eigenvalue weighted by molar-refractivity contribution is 0.0731. The van der Waals surface area contributed by atoms with Gasteiger partial charge in [0.15, 0.2) is 0 Å². The number of hydrogen-bond donors (Lipinski definition) is 0. The Morgan fingerprint density at radius 1 is 1.55 bits per heavy atom. The molecule has 4 nitrogen and oxygen atoms in total. The van der Waals surface area contributed by atoms with Gasteiger partial charge in [0.2, 0.25) is 0 Å². The first-order valence-corrected chi connectivity index (χ1v) is 7.86. The molecule has 0 aliphatic carbocycles. The van der Waals surface area contributed by atoms with Crippen molar-refractivity contribution in [3.63, 3.8) is 0 Å². The number of carbonyl (C=O) groups is 1. The second kappa shape index (κ2) is 5.89. The van der Waals surface area contributed by atoms with Gasteiger partial charge in [-0.1, -0.05) is 0 Å². The number of benzene rings is 1. The van der Waals surface area contributed by atoms with E-state index in [0.717, 1.165) is 48.5 Å². The fourth-order valence-corrected chi connectivity index (χ4v) is 3.28. The van der Waals surface area contributed by atoms with E-state index in [1.807, 2.05) is 35.5 Å². The molecule has 1 aliphatic heterocycles. The van der Waals surface area contributed by atoms with Crippen LogP contribution in [-0.4, -0.2) is 42.1 Å². The lowest BCUT2D eigenvalue weighted by Gasteiger charge is -2.23. The number of amides is 1. The number of ether oxygens (including phenoxy) is 1. The minimum atomic E-state index is 0.106. The minimum Gasteiger partial charge on any atom is -0.381 e. The van der Waals surface area contributed by atoms with Crippen molar-refractivity contribution in [1.29, 1.82) is 0 Å². The Bertz CT molecular complexity index is 605. The summed E-state index contributed by atoms with van der Waals surface area (Å²) >= 11 is 1.57. The maximum Gasteiger partial charge on any atom is 0.253 e. The summed E-state index contributed by atoms with van der Waals surface area (Å²) in [5, 5.41) is 0. The highest BCUT2D eigenvalue weighted by molar-refractivity contribution is 7.16. The zero-order valence-electron chi connectivity index (χ0n) is 11.5. The molecule has 1 saturated heterocycles. The smallest absolute Gasteiger partial charge is 0.253 e. The fraction of sp³-hybridized carbons (Fsp3) is 0.467. The first-order chi connectivity index (χ1) is 9.78. The lowest BCUT2D eigenvalue weighted by atomic mass is 10.1. The highest BCUT2D eigenvalue weighted by Crippen LogP contribution is 2.21. The van der Waals surface area contributed by atoms with E-state index >= 15 is 0 Å². The maximum absolute atomic E-state index is 12.6. The van der Waals surface area contributed by atoms with Crippen molar-refractivity contribution in [3.05, 3.63) is 29.3 Å². The van der Waals surface area contributed by atoms with Gasteiger partial charge in [-0.05, 0) is 31.5 Å². The Morgan fingerprint density at radius 2 is 2.45 bits per heavy atom. The zero-order chi connectivity index (χ0) is 13.9. The van der Waals surface area contributed by atoms with Gasteiger partial charge in [0, 0.05) is 31.2 Å². The third-order valence-corrected chi connectivity index (χ3v) is 4.54. The quantitative estimate of drug-likeness (QED) is 0.869. The van der Waals surface area contributed by atoms with Gasteiger partial charge < -0.3 is 9.64 Å². The van der Waals surface area contributed by atoms with Gasteiger partial charge in [-0.25, -0.2) is 4.98 Å². The van der Waals surface area contributed by atoms with Gasteiger partial charge in [-0.3, -0.25) is 4.79 Å². The second-order valence-electron chi connectivity index (χ2n) is 5.11. The highest BCUT2D eigenvalue weighted by Gasteiger charge is 2.22. The highest BCUT2D eigenvalue weighted by atomic mass is 32.1. The van der Waals surface area contributed by atoms with E-state index in [2.05, 4.69) is 4.98 Å². The van der Waals surface area contributed by atoms with Gasteiger partial charge in [-0.2, -0.15) is 0 Å². The Hall–Kier alpha value is -1.46. The van der Waals surface area contributed by atoms with Gasteiger partial charge in [0.1, 0.15) is 0 Å². The van der Waals surface area contributed by atoms with Crippen molar-refractivity contribution in [2.75, 3.05) is 26.3 Å². The van der Waals surface area contributed by atoms with Crippen LogP contribution in [0, 0.1) is 5.92 Å². The van der Waals surface area contributed by atoms with Crippen LogP contribution in [0.5, 0.6) is 0 Å². The van der Waals surface area contributed by atoms with Gasteiger partial charge in [-0.15, -0.1) is 11.3 Å². The molecule has 3 rings (SSSR count). The summed E-state index contributed by atoms with van der Waals surface area (Å²) < 4.78 is 6.46. The number of carbonyl (C=O) groups excluding carboxylic acids is 1. The Balaban J connectivity index is 1.77. The number of hydrogen-bond acceptors (Lipinski definition) is 4. The largest absolute Gasteiger partial charge is 0.381 e. The molecule has 1 aromatic carbocycles. The molecule has 1 unspecified atom stereocenters. The van der Waals surface area contributed by atoms with Crippen LogP contribution in [0.1, 0.15) is 23.7 Å². The first kappa shape index (κ1) is 13.5. The van der Waals surface area contributed by atoms with E-state index in [9.17, 15) is 4.79 Å². The van der Waals surface area contributed by atoms with Gasteiger partial charge in [0.25, 0.3) is 5.91 Å². The van der Waals surface area contributed by atoms with Crippen LogP contribution >= 0.6 is 11.3 Å². The van der Waals surface area contributed by atoms with E-state index in [1.54, 1.807) is 11.3 Å². The average Bonchev–Trinajstić information content (AvgIpc) is 3.14. The lowest BCUT2D eigenvalue weighted by Crippen LogP contribution is -2.35. The third kappa shape index (κ3) is 2.69. The first-order valence-electron chi connectivity index (χ1n) is 6.98. The van der Waals surface area contributed by atoms with Crippen LogP contribution in [0.15, 0.2) is 23.7 Å². The Labute approximate surface area is 122 Å². The molecule has 2 aromatic rings. The summed E-state index contributed by atoms with van der Waals surface area (Å²) in [7, 11) is 0. The van der Waals surface area contributed by atoms with Crippen molar-refractivity contribution >= 4 is 27.5 Å². The number of nitrogens with zero attached hydrogens (tertiary/aromatic N) is 2.